The molecule has 0 fully saturated rings. The molecule has 2 heteroatoms. The van der Waals surface area contributed by atoms with E-state index >= 15 is 0 Å². The molecule has 0 radical (unpaired) electrons. The van der Waals surface area contributed by atoms with Gasteiger partial charge in [-0.15, -0.1) is 0 Å². The zero-order valence-electron chi connectivity index (χ0n) is 11.6. The molecule has 0 amide bonds. The predicted octanol–water partition coefficient (Wildman–Crippen LogP) is 3.22. The molecule has 0 aliphatic carbocycles. The van der Waals surface area contributed by atoms with Crippen LogP contribution >= 0.6 is 0 Å². The van der Waals surface area contributed by atoms with Crippen molar-refractivity contribution in [3.63, 3.8) is 0 Å². The highest BCUT2D eigenvalue weighted by Crippen LogP contribution is 2.25. The Morgan fingerprint density at radius 2 is 1.67 bits per heavy atom. The molecular weight excluding hydrogens is 186 g/mol. The van der Waals surface area contributed by atoms with E-state index in [1.165, 1.54) is 12.8 Å². The monoisotopic (exact) mass is 215 g/mol. The van der Waals surface area contributed by atoms with Crippen LogP contribution in [-0.4, -0.2) is 25.8 Å². The molecule has 2 nitrogen and oxygen atoms in total. The smallest absolute Gasteiger partial charge is 0.0637 e. The van der Waals surface area contributed by atoms with E-state index in [2.05, 4.69) is 39.9 Å². The lowest BCUT2D eigenvalue weighted by Gasteiger charge is -2.30. The zero-order chi connectivity index (χ0) is 12.1. The van der Waals surface area contributed by atoms with Crippen molar-refractivity contribution >= 4 is 0 Å². The zero-order valence-corrected chi connectivity index (χ0v) is 11.6. The van der Waals surface area contributed by atoms with Crippen molar-refractivity contribution in [3.8, 4) is 0 Å². The first-order valence-corrected chi connectivity index (χ1v) is 5.92. The topological polar surface area (TPSA) is 21.3 Å². The Morgan fingerprint density at radius 1 is 1.13 bits per heavy atom. The van der Waals surface area contributed by atoms with Crippen LogP contribution in [0.3, 0.4) is 0 Å². The molecule has 1 unspecified atom stereocenters. The fraction of sp³-hybridized carbons (Fsp3) is 1.00. The minimum absolute atomic E-state index is 0.0223. The highest BCUT2D eigenvalue weighted by molar-refractivity contribution is 4.79. The molecule has 0 bridgehead atoms. The Hall–Kier alpha value is -0.0800. The van der Waals surface area contributed by atoms with Crippen LogP contribution in [-0.2, 0) is 4.74 Å². The third-order valence-corrected chi connectivity index (χ3v) is 2.94. The van der Waals surface area contributed by atoms with Gasteiger partial charge in [0.15, 0.2) is 0 Å². The van der Waals surface area contributed by atoms with E-state index in [1.807, 2.05) is 7.05 Å². The molecule has 0 aliphatic rings. The van der Waals surface area contributed by atoms with E-state index in [9.17, 15) is 0 Å². The lowest BCUT2D eigenvalue weighted by Crippen LogP contribution is -2.36. The van der Waals surface area contributed by atoms with Crippen molar-refractivity contribution in [2.24, 2.45) is 5.41 Å². The molecule has 15 heavy (non-hydrogen) atoms. The molecule has 0 heterocycles. The molecule has 1 atom stereocenters. The van der Waals surface area contributed by atoms with Gasteiger partial charge in [0, 0.05) is 13.2 Å². The van der Waals surface area contributed by atoms with Gasteiger partial charge in [-0.3, -0.25) is 0 Å². The Kier molecular flexibility index (Phi) is 5.82. The summed E-state index contributed by atoms with van der Waals surface area (Å²) in [6, 6.07) is 0.555. The van der Waals surface area contributed by atoms with Crippen molar-refractivity contribution in [2.45, 2.75) is 65.5 Å². The van der Waals surface area contributed by atoms with Gasteiger partial charge in [-0.1, -0.05) is 20.8 Å². The SMILES string of the molecule is CNC(CCC(C)(C)C)CC(C)(C)OC. The third-order valence-electron chi connectivity index (χ3n) is 2.94. The molecule has 0 saturated carbocycles. The molecular formula is C13H29NO. The molecule has 0 aromatic rings. The molecule has 1 N–H and O–H groups in total. The molecule has 0 rings (SSSR count). The molecule has 0 aliphatic heterocycles. The summed E-state index contributed by atoms with van der Waals surface area (Å²) in [5.74, 6) is 0. The quantitative estimate of drug-likeness (QED) is 0.734. The summed E-state index contributed by atoms with van der Waals surface area (Å²) < 4.78 is 5.46. The van der Waals surface area contributed by atoms with Gasteiger partial charge in [0.2, 0.25) is 0 Å². The van der Waals surface area contributed by atoms with E-state index in [4.69, 9.17) is 4.74 Å². The highest BCUT2D eigenvalue weighted by atomic mass is 16.5. The predicted molar refractivity (Wildman–Crippen MR) is 67.2 cm³/mol. The average molecular weight is 215 g/mol. The van der Waals surface area contributed by atoms with Crippen molar-refractivity contribution < 1.29 is 4.74 Å². The summed E-state index contributed by atoms with van der Waals surface area (Å²) in [5, 5.41) is 3.39. The average Bonchev–Trinajstić information content (AvgIpc) is 2.11. The summed E-state index contributed by atoms with van der Waals surface area (Å²) in [6.07, 6.45) is 3.53. The Morgan fingerprint density at radius 3 is 2.00 bits per heavy atom. The van der Waals surface area contributed by atoms with Crippen LogP contribution in [0, 0.1) is 5.41 Å². The van der Waals surface area contributed by atoms with Gasteiger partial charge in [0.05, 0.1) is 5.60 Å². The number of nitrogens with one attached hydrogen (secondary N) is 1. The normalized spacial score (nSPS) is 15.4. The number of ether oxygens (including phenoxy) is 1. The van der Waals surface area contributed by atoms with Crippen molar-refractivity contribution in [1.29, 1.82) is 0 Å². The van der Waals surface area contributed by atoms with Crippen LogP contribution < -0.4 is 5.32 Å². The summed E-state index contributed by atoms with van der Waals surface area (Å²) in [4.78, 5) is 0. The van der Waals surface area contributed by atoms with Gasteiger partial charge in [0.25, 0.3) is 0 Å². The minimum atomic E-state index is -0.0223. The first-order valence-electron chi connectivity index (χ1n) is 5.92. The van der Waals surface area contributed by atoms with Crippen molar-refractivity contribution in [2.75, 3.05) is 14.2 Å². The van der Waals surface area contributed by atoms with Crippen molar-refractivity contribution in [3.05, 3.63) is 0 Å². The van der Waals surface area contributed by atoms with Crippen LogP contribution in [0.15, 0.2) is 0 Å². The number of hydrogen-bond acceptors (Lipinski definition) is 2. The fourth-order valence-electron chi connectivity index (χ4n) is 1.63. The maximum Gasteiger partial charge on any atom is 0.0637 e. The molecule has 0 spiro atoms. The first kappa shape index (κ1) is 14.9. The Balaban J connectivity index is 4.04. The maximum absolute atomic E-state index is 5.46. The number of rotatable bonds is 6. The van der Waals surface area contributed by atoms with Gasteiger partial charge in [-0.05, 0) is 45.6 Å². The van der Waals surface area contributed by atoms with Gasteiger partial charge < -0.3 is 10.1 Å². The molecule has 0 aromatic heterocycles. The lowest BCUT2D eigenvalue weighted by atomic mass is 9.86. The number of methoxy groups -OCH3 is 1. The molecule has 92 valence electrons. The third kappa shape index (κ3) is 7.80. The number of hydrogen-bond donors (Lipinski definition) is 1. The van der Waals surface area contributed by atoms with E-state index in [0.29, 0.717) is 11.5 Å². The maximum atomic E-state index is 5.46. The second kappa shape index (κ2) is 5.86. The van der Waals surface area contributed by atoms with Crippen LogP contribution in [0.2, 0.25) is 0 Å². The summed E-state index contributed by atoms with van der Waals surface area (Å²) in [5.41, 5.74) is 0.401. The van der Waals surface area contributed by atoms with Gasteiger partial charge in [-0.25, -0.2) is 0 Å². The van der Waals surface area contributed by atoms with E-state index < -0.39 is 0 Å². The van der Waals surface area contributed by atoms with Crippen LogP contribution in [0.4, 0.5) is 0 Å². The minimum Gasteiger partial charge on any atom is -0.379 e. The largest absolute Gasteiger partial charge is 0.379 e. The molecule has 0 saturated heterocycles. The van der Waals surface area contributed by atoms with Crippen LogP contribution in [0.1, 0.15) is 53.9 Å². The lowest BCUT2D eigenvalue weighted by molar-refractivity contribution is 0.00616. The second-order valence-electron chi connectivity index (χ2n) is 6.25. The highest BCUT2D eigenvalue weighted by Gasteiger charge is 2.23. The fourth-order valence-corrected chi connectivity index (χ4v) is 1.63. The van der Waals surface area contributed by atoms with E-state index in [-0.39, 0.29) is 5.60 Å². The summed E-state index contributed by atoms with van der Waals surface area (Å²) in [6.45, 7) is 11.2. The van der Waals surface area contributed by atoms with Crippen LogP contribution in [0.25, 0.3) is 0 Å². The Bertz CT molecular complexity index is 170. The van der Waals surface area contributed by atoms with Gasteiger partial charge >= 0.3 is 0 Å². The van der Waals surface area contributed by atoms with E-state index in [0.717, 1.165) is 6.42 Å². The summed E-state index contributed by atoms with van der Waals surface area (Å²) in [7, 11) is 3.83. The standard InChI is InChI=1S/C13H29NO/c1-12(2,3)9-8-11(14-6)10-13(4,5)15-7/h11,14H,8-10H2,1-7H3. The Labute approximate surface area is 95.8 Å². The van der Waals surface area contributed by atoms with Crippen molar-refractivity contribution in [1.82, 2.24) is 5.32 Å². The van der Waals surface area contributed by atoms with E-state index in [1.54, 1.807) is 7.11 Å². The van der Waals surface area contributed by atoms with Gasteiger partial charge in [-0.2, -0.15) is 0 Å². The first-order chi connectivity index (χ1) is 6.70. The summed E-state index contributed by atoms with van der Waals surface area (Å²) >= 11 is 0. The second-order valence-corrected chi connectivity index (χ2v) is 6.25. The molecule has 0 aromatic carbocycles. The van der Waals surface area contributed by atoms with Gasteiger partial charge in [0.1, 0.15) is 0 Å². The van der Waals surface area contributed by atoms with Crippen LogP contribution in [0.5, 0.6) is 0 Å².